The summed E-state index contributed by atoms with van der Waals surface area (Å²) in [6.07, 6.45) is 2.62. The van der Waals surface area contributed by atoms with E-state index >= 15 is 0 Å². The molecule has 160 valence electrons. The van der Waals surface area contributed by atoms with Crippen molar-refractivity contribution in [1.82, 2.24) is 20.0 Å². The minimum atomic E-state index is 0.159. The molecule has 0 atom stereocenters. The molecule has 2 aliphatic rings. The molecule has 1 aromatic rings. The second-order valence-corrected chi connectivity index (χ2v) is 8.44. The summed E-state index contributed by atoms with van der Waals surface area (Å²) >= 11 is 0. The van der Waals surface area contributed by atoms with Crippen LogP contribution in [-0.4, -0.2) is 72.4 Å². The molecule has 0 aliphatic carbocycles. The maximum Gasteiger partial charge on any atom is 0.219 e. The van der Waals surface area contributed by atoms with Crippen LogP contribution in [0.3, 0.4) is 0 Å². The predicted octanol–water partition coefficient (Wildman–Crippen LogP) is 2.55. The van der Waals surface area contributed by atoms with E-state index in [0.29, 0.717) is 6.54 Å². The first-order valence-electron chi connectivity index (χ1n) is 11.1. The zero-order valence-electron chi connectivity index (χ0n) is 18.4. The minimum Gasteiger partial charge on any atom is -0.357 e. The van der Waals surface area contributed by atoms with E-state index < -0.39 is 0 Å². The van der Waals surface area contributed by atoms with Gasteiger partial charge in [-0.2, -0.15) is 0 Å². The Labute approximate surface area is 176 Å². The summed E-state index contributed by atoms with van der Waals surface area (Å²) in [5.41, 5.74) is 2.64. The number of nitrogens with one attached hydrogen (secondary N) is 1. The second kappa shape index (κ2) is 10.6. The molecule has 2 heterocycles. The van der Waals surface area contributed by atoms with Crippen molar-refractivity contribution in [2.75, 3.05) is 45.8 Å². The zero-order chi connectivity index (χ0) is 20.6. The molecule has 0 aromatic heterocycles. The molecular formula is C23H37N5O. The van der Waals surface area contributed by atoms with Gasteiger partial charge in [0.2, 0.25) is 5.91 Å². The molecule has 1 amide bonds. The Morgan fingerprint density at radius 1 is 1.07 bits per heavy atom. The number of piperidine rings is 1. The van der Waals surface area contributed by atoms with Crippen LogP contribution in [0.2, 0.25) is 0 Å². The number of nitrogens with zero attached hydrogens (tertiary/aromatic N) is 4. The third kappa shape index (κ3) is 6.46. The Morgan fingerprint density at radius 3 is 2.38 bits per heavy atom. The van der Waals surface area contributed by atoms with Gasteiger partial charge in [0, 0.05) is 46.2 Å². The van der Waals surface area contributed by atoms with E-state index in [9.17, 15) is 4.79 Å². The van der Waals surface area contributed by atoms with E-state index in [2.05, 4.69) is 53.2 Å². The molecule has 6 heteroatoms. The van der Waals surface area contributed by atoms with Crippen LogP contribution in [-0.2, 0) is 17.9 Å². The molecule has 3 rings (SSSR count). The van der Waals surface area contributed by atoms with Crippen LogP contribution in [0.1, 0.15) is 44.7 Å². The molecule has 0 unspecified atom stereocenters. The third-order valence-corrected chi connectivity index (χ3v) is 6.04. The molecule has 2 fully saturated rings. The fraction of sp³-hybridized carbons (Fsp3) is 0.652. The fourth-order valence-corrected chi connectivity index (χ4v) is 4.13. The SMILES string of the molecule is CCNC(=NCc1cccc(CN2CCC(C)CC2)c1)N1CCN(C(C)=O)CC1. The molecule has 6 nitrogen and oxygen atoms in total. The van der Waals surface area contributed by atoms with Crippen LogP contribution in [0.5, 0.6) is 0 Å². The van der Waals surface area contributed by atoms with Crippen LogP contribution < -0.4 is 5.32 Å². The second-order valence-electron chi connectivity index (χ2n) is 8.44. The summed E-state index contributed by atoms with van der Waals surface area (Å²) in [5, 5.41) is 3.42. The monoisotopic (exact) mass is 399 g/mol. The molecule has 0 bridgehead atoms. The summed E-state index contributed by atoms with van der Waals surface area (Å²) < 4.78 is 0. The van der Waals surface area contributed by atoms with Crippen molar-refractivity contribution in [2.45, 2.75) is 46.7 Å². The number of amides is 1. The van der Waals surface area contributed by atoms with Crippen molar-refractivity contribution in [3.63, 3.8) is 0 Å². The molecule has 1 N–H and O–H groups in total. The Balaban J connectivity index is 1.58. The Morgan fingerprint density at radius 2 is 1.72 bits per heavy atom. The Bertz CT molecular complexity index is 688. The lowest BCUT2D eigenvalue weighted by atomic mass is 9.98. The van der Waals surface area contributed by atoms with E-state index in [-0.39, 0.29) is 5.91 Å². The van der Waals surface area contributed by atoms with Gasteiger partial charge in [0.1, 0.15) is 0 Å². The third-order valence-electron chi connectivity index (χ3n) is 6.04. The van der Waals surface area contributed by atoms with Gasteiger partial charge < -0.3 is 15.1 Å². The van der Waals surface area contributed by atoms with Crippen LogP contribution >= 0.6 is 0 Å². The van der Waals surface area contributed by atoms with Crippen molar-refractivity contribution in [1.29, 1.82) is 0 Å². The van der Waals surface area contributed by atoms with Crippen molar-refractivity contribution in [3.05, 3.63) is 35.4 Å². The first-order valence-corrected chi connectivity index (χ1v) is 11.1. The molecule has 1 aromatic carbocycles. The van der Waals surface area contributed by atoms with Crippen LogP contribution in [0.15, 0.2) is 29.3 Å². The highest BCUT2D eigenvalue weighted by Crippen LogP contribution is 2.18. The molecule has 0 radical (unpaired) electrons. The Hall–Kier alpha value is -2.08. The number of carbonyl (C=O) groups is 1. The summed E-state index contributed by atoms with van der Waals surface area (Å²) in [7, 11) is 0. The van der Waals surface area contributed by atoms with Gasteiger partial charge in [-0.1, -0.05) is 31.2 Å². The first kappa shape index (κ1) is 21.6. The molecule has 0 saturated carbocycles. The largest absolute Gasteiger partial charge is 0.357 e. The van der Waals surface area contributed by atoms with Crippen LogP contribution in [0.25, 0.3) is 0 Å². The summed E-state index contributed by atoms with van der Waals surface area (Å²) in [6, 6.07) is 8.87. The number of likely N-dealkylation sites (tertiary alicyclic amines) is 1. The van der Waals surface area contributed by atoms with Gasteiger partial charge in [-0.15, -0.1) is 0 Å². The van der Waals surface area contributed by atoms with Gasteiger partial charge in [-0.05, 0) is 49.9 Å². The minimum absolute atomic E-state index is 0.159. The maximum absolute atomic E-state index is 11.6. The molecular weight excluding hydrogens is 362 g/mol. The van der Waals surface area contributed by atoms with Gasteiger partial charge in [0.05, 0.1) is 6.54 Å². The number of hydrogen-bond donors (Lipinski definition) is 1. The van der Waals surface area contributed by atoms with Gasteiger partial charge in [-0.3, -0.25) is 9.69 Å². The van der Waals surface area contributed by atoms with E-state index in [4.69, 9.17) is 4.99 Å². The van der Waals surface area contributed by atoms with Gasteiger partial charge in [0.25, 0.3) is 0 Å². The first-order chi connectivity index (χ1) is 14.0. The maximum atomic E-state index is 11.6. The number of aliphatic imine (C=N–C) groups is 1. The van der Waals surface area contributed by atoms with Crippen molar-refractivity contribution >= 4 is 11.9 Å². The highest BCUT2D eigenvalue weighted by Gasteiger charge is 2.21. The predicted molar refractivity (Wildman–Crippen MR) is 119 cm³/mol. The smallest absolute Gasteiger partial charge is 0.219 e. The Kier molecular flexibility index (Phi) is 7.92. The number of rotatable bonds is 5. The molecule has 2 saturated heterocycles. The topological polar surface area (TPSA) is 51.2 Å². The van der Waals surface area contributed by atoms with Gasteiger partial charge in [-0.25, -0.2) is 4.99 Å². The lowest BCUT2D eigenvalue weighted by Gasteiger charge is -2.36. The molecule has 0 spiro atoms. The number of piperazine rings is 1. The highest BCUT2D eigenvalue weighted by molar-refractivity contribution is 5.80. The van der Waals surface area contributed by atoms with Crippen molar-refractivity contribution in [3.8, 4) is 0 Å². The number of carbonyl (C=O) groups excluding carboxylic acids is 1. The zero-order valence-corrected chi connectivity index (χ0v) is 18.4. The van der Waals surface area contributed by atoms with Crippen molar-refractivity contribution in [2.24, 2.45) is 10.9 Å². The van der Waals surface area contributed by atoms with E-state index in [1.54, 1.807) is 6.92 Å². The highest BCUT2D eigenvalue weighted by atomic mass is 16.2. The number of guanidine groups is 1. The lowest BCUT2D eigenvalue weighted by molar-refractivity contribution is -0.130. The fourth-order valence-electron chi connectivity index (χ4n) is 4.13. The summed E-state index contributed by atoms with van der Waals surface area (Å²) in [5.74, 6) is 1.98. The van der Waals surface area contributed by atoms with E-state index in [0.717, 1.165) is 51.1 Å². The van der Waals surface area contributed by atoms with Crippen LogP contribution in [0.4, 0.5) is 0 Å². The number of benzene rings is 1. The van der Waals surface area contributed by atoms with E-state index in [1.165, 1.54) is 37.1 Å². The quantitative estimate of drug-likeness (QED) is 0.611. The average Bonchev–Trinajstić information content (AvgIpc) is 2.73. The normalized spacial score (nSPS) is 19.5. The van der Waals surface area contributed by atoms with Crippen LogP contribution in [0, 0.1) is 5.92 Å². The summed E-state index contributed by atoms with van der Waals surface area (Å²) in [6.45, 7) is 14.3. The van der Waals surface area contributed by atoms with Crippen molar-refractivity contribution < 1.29 is 4.79 Å². The number of hydrogen-bond acceptors (Lipinski definition) is 3. The molecule has 2 aliphatic heterocycles. The standard InChI is InChI=1S/C23H37N5O/c1-4-24-23(28-14-12-27(13-15-28)20(3)29)25-17-21-6-5-7-22(16-21)18-26-10-8-19(2)9-11-26/h5-7,16,19H,4,8-15,17-18H2,1-3H3,(H,24,25). The van der Waals surface area contributed by atoms with E-state index in [1.807, 2.05) is 4.90 Å². The van der Waals surface area contributed by atoms with Gasteiger partial charge >= 0.3 is 0 Å². The summed E-state index contributed by atoms with van der Waals surface area (Å²) in [4.78, 5) is 23.2. The average molecular weight is 400 g/mol. The molecule has 29 heavy (non-hydrogen) atoms. The van der Waals surface area contributed by atoms with Gasteiger partial charge in [0.15, 0.2) is 5.96 Å². The lowest BCUT2D eigenvalue weighted by Crippen LogP contribution is -2.53.